The summed E-state index contributed by atoms with van der Waals surface area (Å²) in [4.78, 5) is 11.0. The fourth-order valence-electron chi connectivity index (χ4n) is 4.08. The van der Waals surface area contributed by atoms with Crippen LogP contribution in [-0.2, 0) is 5.41 Å². The van der Waals surface area contributed by atoms with Crippen LogP contribution < -0.4 is 4.74 Å². The first-order chi connectivity index (χ1) is 12.9. The number of aromatic carboxylic acids is 1. The predicted octanol–water partition coefficient (Wildman–Crippen LogP) is 6.18. The zero-order valence-corrected chi connectivity index (χ0v) is 16.4. The number of methoxy groups -OCH3 is 1. The van der Waals surface area contributed by atoms with E-state index in [0.717, 1.165) is 16.9 Å². The van der Waals surface area contributed by atoms with Crippen molar-refractivity contribution < 1.29 is 14.6 Å². The van der Waals surface area contributed by atoms with Crippen molar-refractivity contribution in [1.29, 1.82) is 0 Å². The van der Waals surface area contributed by atoms with Crippen LogP contribution in [0.25, 0.3) is 11.6 Å². The first kappa shape index (κ1) is 19.2. The van der Waals surface area contributed by atoms with Crippen molar-refractivity contribution in [3.63, 3.8) is 0 Å². The average Bonchev–Trinajstić information content (AvgIpc) is 2.68. The normalized spacial score (nSPS) is 16.8. The minimum atomic E-state index is -0.900. The summed E-state index contributed by atoms with van der Waals surface area (Å²) in [5.74, 6) is 0.0736. The molecule has 0 radical (unpaired) electrons. The Labute approximate surface area is 161 Å². The van der Waals surface area contributed by atoms with Crippen molar-refractivity contribution in [3.8, 4) is 5.75 Å². The molecule has 1 aliphatic carbocycles. The van der Waals surface area contributed by atoms with E-state index in [1.807, 2.05) is 12.1 Å². The molecule has 0 amide bonds. The number of ether oxygens (including phenoxy) is 1. The number of carboxylic acids is 1. The standard InChI is InChI=1S/C24H28O3/c1-17(15-18-7-9-19(10-8-18)23(25)26)20-11-12-22(27-3)21(16-20)24(2)13-5-4-6-14-24/h7-12,15-16H,4-6,13-14H2,1-3H3,(H,25,26). The third kappa shape index (κ3) is 4.24. The summed E-state index contributed by atoms with van der Waals surface area (Å²) in [6.45, 7) is 4.46. The number of benzene rings is 2. The van der Waals surface area contributed by atoms with E-state index in [9.17, 15) is 4.79 Å². The van der Waals surface area contributed by atoms with Gasteiger partial charge in [0.1, 0.15) is 5.75 Å². The Morgan fingerprint density at radius 1 is 1.04 bits per heavy atom. The summed E-state index contributed by atoms with van der Waals surface area (Å²) in [5.41, 5.74) is 5.11. The van der Waals surface area contributed by atoms with Gasteiger partial charge in [0, 0.05) is 5.56 Å². The molecule has 2 aromatic carbocycles. The predicted molar refractivity (Wildman–Crippen MR) is 110 cm³/mol. The van der Waals surface area contributed by atoms with E-state index in [1.165, 1.54) is 43.2 Å². The van der Waals surface area contributed by atoms with Crippen LogP contribution in [0.3, 0.4) is 0 Å². The molecule has 2 aromatic rings. The monoisotopic (exact) mass is 364 g/mol. The van der Waals surface area contributed by atoms with E-state index in [-0.39, 0.29) is 5.41 Å². The number of carboxylic acid groups (broad SMARTS) is 1. The summed E-state index contributed by atoms with van der Waals surface area (Å²) in [6.07, 6.45) is 8.37. The summed E-state index contributed by atoms with van der Waals surface area (Å²) in [7, 11) is 1.75. The van der Waals surface area contributed by atoms with Crippen LogP contribution in [0.5, 0.6) is 5.75 Å². The molecule has 142 valence electrons. The summed E-state index contributed by atoms with van der Waals surface area (Å²) in [5, 5.41) is 9.04. The maximum atomic E-state index is 11.0. The highest BCUT2D eigenvalue weighted by atomic mass is 16.5. The molecule has 1 N–H and O–H groups in total. The summed E-state index contributed by atoms with van der Waals surface area (Å²) >= 11 is 0. The van der Waals surface area contributed by atoms with E-state index in [4.69, 9.17) is 9.84 Å². The second-order valence-electron chi connectivity index (χ2n) is 7.79. The number of allylic oxidation sites excluding steroid dienone is 1. The number of carbonyl (C=O) groups is 1. The molecule has 0 atom stereocenters. The van der Waals surface area contributed by atoms with Crippen LogP contribution in [0.15, 0.2) is 42.5 Å². The molecule has 3 heteroatoms. The molecule has 0 aliphatic heterocycles. The van der Waals surface area contributed by atoms with Gasteiger partial charge in [0.2, 0.25) is 0 Å². The van der Waals surface area contributed by atoms with Crippen LogP contribution in [0.4, 0.5) is 0 Å². The Hall–Kier alpha value is -2.55. The smallest absolute Gasteiger partial charge is 0.335 e. The van der Waals surface area contributed by atoms with Crippen molar-refractivity contribution in [2.75, 3.05) is 7.11 Å². The lowest BCUT2D eigenvalue weighted by Gasteiger charge is -2.35. The minimum absolute atomic E-state index is 0.170. The third-order valence-corrected chi connectivity index (χ3v) is 5.80. The molecule has 0 saturated heterocycles. The summed E-state index contributed by atoms with van der Waals surface area (Å²) < 4.78 is 5.68. The van der Waals surface area contributed by atoms with Crippen molar-refractivity contribution in [1.82, 2.24) is 0 Å². The van der Waals surface area contributed by atoms with Gasteiger partial charge in [-0.15, -0.1) is 0 Å². The van der Waals surface area contributed by atoms with E-state index in [0.29, 0.717) is 5.56 Å². The molecular formula is C24H28O3. The molecule has 3 rings (SSSR count). The van der Waals surface area contributed by atoms with Gasteiger partial charge in [0.15, 0.2) is 0 Å². The molecular weight excluding hydrogens is 336 g/mol. The van der Waals surface area contributed by atoms with Crippen molar-refractivity contribution in [2.24, 2.45) is 0 Å². The third-order valence-electron chi connectivity index (χ3n) is 5.80. The lowest BCUT2D eigenvalue weighted by atomic mass is 9.70. The lowest BCUT2D eigenvalue weighted by molar-refractivity contribution is 0.0697. The molecule has 1 fully saturated rings. The van der Waals surface area contributed by atoms with Gasteiger partial charge in [-0.05, 0) is 66.1 Å². The van der Waals surface area contributed by atoms with Crippen LogP contribution >= 0.6 is 0 Å². The quantitative estimate of drug-likeness (QED) is 0.645. The molecule has 0 spiro atoms. The van der Waals surface area contributed by atoms with E-state index >= 15 is 0 Å². The lowest BCUT2D eigenvalue weighted by Crippen LogP contribution is -2.25. The molecule has 3 nitrogen and oxygen atoms in total. The molecule has 0 aromatic heterocycles. The topological polar surface area (TPSA) is 46.5 Å². The Morgan fingerprint density at radius 3 is 2.26 bits per heavy atom. The Balaban J connectivity index is 1.93. The maximum absolute atomic E-state index is 11.0. The molecule has 1 aliphatic rings. The van der Waals surface area contributed by atoms with Crippen LogP contribution in [0.2, 0.25) is 0 Å². The van der Waals surface area contributed by atoms with E-state index in [2.05, 4.69) is 38.1 Å². The van der Waals surface area contributed by atoms with Crippen molar-refractivity contribution >= 4 is 17.6 Å². The fraction of sp³-hybridized carbons (Fsp3) is 0.375. The molecule has 1 saturated carbocycles. The van der Waals surface area contributed by atoms with Gasteiger partial charge < -0.3 is 9.84 Å². The first-order valence-corrected chi connectivity index (χ1v) is 9.63. The number of rotatable bonds is 5. The molecule has 0 heterocycles. The average molecular weight is 364 g/mol. The molecule has 0 unspecified atom stereocenters. The highest BCUT2D eigenvalue weighted by Crippen LogP contribution is 2.43. The zero-order valence-electron chi connectivity index (χ0n) is 16.4. The largest absolute Gasteiger partial charge is 0.496 e. The first-order valence-electron chi connectivity index (χ1n) is 9.63. The maximum Gasteiger partial charge on any atom is 0.335 e. The van der Waals surface area contributed by atoms with Gasteiger partial charge in [-0.1, -0.05) is 50.5 Å². The summed E-state index contributed by atoms with van der Waals surface area (Å²) in [6, 6.07) is 13.4. The van der Waals surface area contributed by atoms with Crippen molar-refractivity contribution in [3.05, 3.63) is 64.7 Å². The van der Waals surface area contributed by atoms with Gasteiger partial charge in [-0.3, -0.25) is 0 Å². The highest BCUT2D eigenvalue weighted by Gasteiger charge is 2.31. The van der Waals surface area contributed by atoms with Crippen molar-refractivity contribution in [2.45, 2.75) is 51.4 Å². The van der Waals surface area contributed by atoms with Crippen LogP contribution in [-0.4, -0.2) is 18.2 Å². The highest BCUT2D eigenvalue weighted by molar-refractivity contribution is 5.88. The number of hydrogen-bond acceptors (Lipinski definition) is 2. The fourth-order valence-corrected chi connectivity index (χ4v) is 4.08. The second kappa shape index (κ2) is 7.99. The Bertz CT molecular complexity index is 840. The van der Waals surface area contributed by atoms with Gasteiger partial charge >= 0.3 is 5.97 Å². The van der Waals surface area contributed by atoms with E-state index < -0.39 is 5.97 Å². The van der Waals surface area contributed by atoms with Gasteiger partial charge in [-0.25, -0.2) is 4.79 Å². The van der Waals surface area contributed by atoms with Crippen LogP contribution in [0, 0.1) is 0 Å². The molecule has 27 heavy (non-hydrogen) atoms. The SMILES string of the molecule is COc1ccc(C(C)=Cc2ccc(C(=O)O)cc2)cc1C1(C)CCCCC1. The second-order valence-corrected chi connectivity index (χ2v) is 7.79. The Kier molecular flexibility index (Phi) is 5.69. The Morgan fingerprint density at radius 2 is 1.67 bits per heavy atom. The van der Waals surface area contributed by atoms with Gasteiger partial charge in [-0.2, -0.15) is 0 Å². The minimum Gasteiger partial charge on any atom is -0.496 e. The molecule has 0 bridgehead atoms. The zero-order chi connectivity index (χ0) is 19.4. The number of hydrogen-bond donors (Lipinski definition) is 1. The van der Waals surface area contributed by atoms with Crippen LogP contribution in [0.1, 0.15) is 73.0 Å². The van der Waals surface area contributed by atoms with Gasteiger partial charge in [0.25, 0.3) is 0 Å². The van der Waals surface area contributed by atoms with Gasteiger partial charge in [0.05, 0.1) is 12.7 Å². The van der Waals surface area contributed by atoms with E-state index in [1.54, 1.807) is 19.2 Å².